The summed E-state index contributed by atoms with van der Waals surface area (Å²) < 4.78 is 12.9. The molecule has 3 rings (SSSR count). The number of amides is 2. The summed E-state index contributed by atoms with van der Waals surface area (Å²) in [6.07, 6.45) is 0.0941. The van der Waals surface area contributed by atoms with Crippen LogP contribution in [0.25, 0.3) is 0 Å². The number of halogens is 3. The zero-order valence-corrected chi connectivity index (χ0v) is 14.6. The topological polar surface area (TPSA) is 49.4 Å². The number of hydrogen-bond donors (Lipinski definition) is 1. The molecule has 25 heavy (non-hydrogen) atoms. The monoisotopic (exact) mass is 380 g/mol. The third-order valence-electron chi connectivity index (χ3n) is 4.08. The number of nitrogens with one attached hydrogen (secondary N) is 1. The molecule has 1 saturated heterocycles. The van der Waals surface area contributed by atoms with Crippen molar-refractivity contribution in [2.24, 2.45) is 5.92 Å². The molecule has 1 unspecified atom stereocenters. The Balaban J connectivity index is 1.65. The molecule has 1 aliphatic heterocycles. The predicted molar refractivity (Wildman–Crippen MR) is 95.2 cm³/mol. The Bertz CT molecular complexity index is 791. The van der Waals surface area contributed by atoms with Gasteiger partial charge < -0.3 is 10.2 Å². The smallest absolute Gasteiger partial charge is 0.227 e. The fourth-order valence-electron chi connectivity index (χ4n) is 2.78. The number of anilines is 1. The van der Waals surface area contributed by atoms with E-state index >= 15 is 0 Å². The molecular weight excluding hydrogens is 366 g/mol. The molecule has 1 fully saturated rings. The maximum absolute atomic E-state index is 12.9. The first-order chi connectivity index (χ1) is 12.0. The van der Waals surface area contributed by atoms with Crippen LogP contribution in [0.15, 0.2) is 42.5 Å². The number of benzene rings is 2. The van der Waals surface area contributed by atoms with Gasteiger partial charge in [0.2, 0.25) is 11.8 Å². The highest BCUT2D eigenvalue weighted by atomic mass is 35.5. The van der Waals surface area contributed by atoms with Gasteiger partial charge in [0.05, 0.1) is 21.7 Å². The lowest BCUT2D eigenvalue weighted by atomic mass is 10.1. The fourth-order valence-corrected chi connectivity index (χ4v) is 3.38. The second-order valence-electron chi connectivity index (χ2n) is 5.82. The largest absolute Gasteiger partial charge is 0.352 e. The molecule has 2 amide bonds. The molecule has 1 atom stereocenters. The lowest BCUT2D eigenvalue weighted by Crippen LogP contribution is -2.32. The molecule has 1 aliphatic rings. The van der Waals surface area contributed by atoms with E-state index in [0.717, 1.165) is 5.56 Å². The molecule has 0 radical (unpaired) electrons. The molecule has 2 aromatic rings. The van der Waals surface area contributed by atoms with Crippen LogP contribution in [0.2, 0.25) is 10.0 Å². The Morgan fingerprint density at radius 2 is 1.80 bits per heavy atom. The summed E-state index contributed by atoms with van der Waals surface area (Å²) in [6, 6.07) is 10.9. The first kappa shape index (κ1) is 17.7. The van der Waals surface area contributed by atoms with Crippen LogP contribution < -0.4 is 10.2 Å². The highest BCUT2D eigenvalue weighted by Crippen LogP contribution is 2.37. The third-order valence-corrected chi connectivity index (χ3v) is 4.69. The van der Waals surface area contributed by atoms with Crippen molar-refractivity contribution in [3.63, 3.8) is 0 Å². The van der Waals surface area contributed by atoms with Gasteiger partial charge in [-0.1, -0.05) is 41.4 Å². The number of para-hydroxylation sites is 1. The second kappa shape index (κ2) is 7.42. The Morgan fingerprint density at radius 1 is 1.16 bits per heavy atom. The van der Waals surface area contributed by atoms with Crippen LogP contribution in [0.4, 0.5) is 10.1 Å². The van der Waals surface area contributed by atoms with Crippen LogP contribution in [0.5, 0.6) is 0 Å². The van der Waals surface area contributed by atoms with E-state index < -0.39 is 5.92 Å². The molecule has 0 aliphatic carbocycles. The van der Waals surface area contributed by atoms with Crippen molar-refractivity contribution in [2.45, 2.75) is 13.0 Å². The van der Waals surface area contributed by atoms with Crippen LogP contribution >= 0.6 is 23.2 Å². The van der Waals surface area contributed by atoms with E-state index in [1.54, 1.807) is 30.3 Å². The van der Waals surface area contributed by atoms with E-state index in [1.165, 1.54) is 17.0 Å². The second-order valence-corrected chi connectivity index (χ2v) is 6.63. The van der Waals surface area contributed by atoms with E-state index in [-0.39, 0.29) is 37.1 Å². The number of carbonyl (C=O) groups excluding carboxylic acids is 2. The third kappa shape index (κ3) is 3.94. The van der Waals surface area contributed by atoms with Crippen molar-refractivity contribution in [3.8, 4) is 0 Å². The standard InChI is InChI=1S/C18H15Cl2FN2O2/c19-14-2-1-3-15(20)17(14)23-10-12(8-16(23)24)18(25)22-9-11-4-6-13(21)7-5-11/h1-7,12H,8-10H2,(H,22,25). The molecule has 1 N–H and O–H groups in total. The maximum atomic E-state index is 12.9. The molecule has 7 heteroatoms. The Morgan fingerprint density at radius 3 is 2.44 bits per heavy atom. The molecule has 130 valence electrons. The van der Waals surface area contributed by atoms with Gasteiger partial charge in [-0.15, -0.1) is 0 Å². The van der Waals surface area contributed by atoms with Crippen molar-refractivity contribution >= 4 is 40.7 Å². The van der Waals surface area contributed by atoms with Gasteiger partial charge >= 0.3 is 0 Å². The normalized spacial score (nSPS) is 17.0. The molecule has 4 nitrogen and oxygen atoms in total. The van der Waals surface area contributed by atoms with Gasteiger partial charge in [0.1, 0.15) is 5.82 Å². The Kier molecular flexibility index (Phi) is 5.25. The van der Waals surface area contributed by atoms with Crippen molar-refractivity contribution in [3.05, 3.63) is 63.9 Å². The summed E-state index contributed by atoms with van der Waals surface area (Å²) in [4.78, 5) is 26.1. The molecular formula is C18H15Cl2FN2O2. The van der Waals surface area contributed by atoms with E-state index in [0.29, 0.717) is 15.7 Å². The summed E-state index contributed by atoms with van der Waals surface area (Å²) in [5, 5.41) is 3.51. The lowest BCUT2D eigenvalue weighted by molar-refractivity contribution is -0.126. The van der Waals surface area contributed by atoms with Gasteiger partial charge in [-0.3, -0.25) is 9.59 Å². The number of nitrogens with zero attached hydrogens (tertiary/aromatic N) is 1. The summed E-state index contributed by atoms with van der Waals surface area (Å²) in [5.41, 5.74) is 1.22. The molecule has 0 aromatic heterocycles. The number of carbonyl (C=O) groups is 2. The minimum atomic E-state index is -0.486. The average Bonchev–Trinajstić information content (AvgIpc) is 2.96. The molecule has 0 bridgehead atoms. The Hall–Kier alpha value is -2.11. The summed E-state index contributed by atoms with van der Waals surface area (Å²) in [5.74, 6) is -1.25. The first-order valence-corrected chi connectivity index (χ1v) is 8.48. The van der Waals surface area contributed by atoms with Crippen molar-refractivity contribution in [1.29, 1.82) is 0 Å². The minimum absolute atomic E-state index is 0.0941. The average molecular weight is 381 g/mol. The van der Waals surface area contributed by atoms with E-state index in [1.807, 2.05) is 0 Å². The fraction of sp³-hybridized carbons (Fsp3) is 0.222. The summed E-state index contributed by atoms with van der Waals surface area (Å²) in [7, 11) is 0. The van der Waals surface area contributed by atoms with Crippen molar-refractivity contribution in [2.75, 3.05) is 11.4 Å². The van der Waals surface area contributed by atoms with Crippen LogP contribution in [-0.4, -0.2) is 18.4 Å². The minimum Gasteiger partial charge on any atom is -0.352 e. The van der Waals surface area contributed by atoms with E-state index in [4.69, 9.17) is 23.2 Å². The molecule has 1 heterocycles. The van der Waals surface area contributed by atoms with Gasteiger partial charge in [0.15, 0.2) is 0 Å². The molecule has 0 spiro atoms. The molecule has 2 aromatic carbocycles. The highest BCUT2D eigenvalue weighted by Gasteiger charge is 2.36. The lowest BCUT2D eigenvalue weighted by Gasteiger charge is -2.19. The van der Waals surface area contributed by atoms with Crippen LogP contribution in [-0.2, 0) is 16.1 Å². The van der Waals surface area contributed by atoms with Gasteiger partial charge in [-0.25, -0.2) is 4.39 Å². The SMILES string of the molecule is O=C(NCc1ccc(F)cc1)C1CC(=O)N(c2c(Cl)cccc2Cl)C1. The first-order valence-electron chi connectivity index (χ1n) is 7.72. The van der Waals surface area contributed by atoms with Crippen LogP contribution in [0.1, 0.15) is 12.0 Å². The zero-order valence-electron chi connectivity index (χ0n) is 13.1. The summed E-state index contributed by atoms with van der Waals surface area (Å²) >= 11 is 12.3. The quantitative estimate of drug-likeness (QED) is 0.876. The van der Waals surface area contributed by atoms with Crippen LogP contribution in [0, 0.1) is 11.7 Å². The van der Waals surface area contributed by atoms with Crippen LogP contribution in [0.3, 0.4) is 0 Å². The number of hydrogen-bond acceptors (Lipinski definition) is 2. The highest BCUT2D eigenvalue weighted by molar-refractivity contribution is 6.40. The van der Waals surface area contributed by atoms with Crippen molar-refractivity contribution in [1.82, 2.24) is 5.32 Å². The maximum Gasteiger partial charge on any atom is 0.227 e. The van der Waals surface area contributed by atoms with Gasteiger partial charge in [0.25, 0.3) is 0 Å². The van der Waals surface area contributed by atoms with Crippen molar-refractivity contribution < 1.29 is 14.0 Å². The zero-order chi connectivity index (χ0) is 18.0. The van der Waals surface area contributed by atoms with Gasteiger partial charge in [-0.2, -0.15) is 0 Å². The predicted octanol–water partition coefficient (Wildman–Crippen LogP) is 3.80. The van der Waals surface area contributed by atoms with E-state index in [2.05, 4.69) is 5.32 Å². The van der Waals surface area contributed by atoms with Gasteiger partial charge in [-0.05, 0) is 29.8 Å². The number of rotatable bonds is 4. The van der Waals surface area contributed by atoms with Gasteiger partial charge in [0, 0.05) is 19.5 Å². The Labute approximate surface area is 154 Å². The summed E-state index contributed by atoms with van der Waals surface area (Å²) in [6.45, 7) is 0.494. The van der Waals surface area contributed by atoms with E-state index in [9.17, 15) is 14.0 Å². The molecule has 0 saturated carbocycles.